The Labute approximate surface area is 88.5 Å². The summed E-state index contributed by atoms with van der Waals surface area (Å²) in [6.45, 7) is 5.70. The Bertz CT molecular complexity index is 328. The molecule has 15 heavy (non-hydrogen) atoms. The van der Waals surface area contributed by atoms with Crippen LogP contribution < -0.4 is 5.73 Å². The van der Waals surface area contributed by atoms with Crippen LogP contribution in [-0.4, -0.2) is 28.0 Å². The van der Waals surface area contributed by atoms with Gasteiger partial charge in [0.25, 0.3) is 0 Å². The minimum Gasteiger partial charge on any atom is -0.465 e. The first-order chi connectivity index (χ1) is 6.75. The molecule has 84 valence electrons. The second kappa shape index (κ2) is 3.56. The number of carbonyl (C=O) groups excluding carboxylic acids is 1. The Morgan fingerprint density at radius 1 is 1.53 bits per heavy atom. The molecule has 0 aliphatic carbocycles. The fourth-order valence-electron chi connectivity index (χ4n) is 1.74. The number of allylic oxidation sites excluding steroid dienone is 1. The molecule has 0 aromatic rings. The molecule has 0 saturated heterocycles. The molecule has 1 aliphatic rings. The maximum absolute atomic E-state index is 11.1. The molecule has 0 spiro atoms. The summed E-state index contributed by atoms with van der Waals surface area (Å²) in [4.78, 5) is 23.2. The van der Waals surface area contributed by atoms with Gasteiger partial charge in [-0.15, -0.1) is 0 Å². The Morgan fingerprint density at radius 3 is 2.40 bits per heavy atom. The highest BCUT2D eigenvalue weighted by molar-refractivity contribution is 5.86. The van der Waals surface area contributed by atoms with Crippen LogP contribution in [0.1, 0.15) is 27.2 Å². The van der Waals surface area contributed by atoms with E-state index in [0.29, 0.717) is 12.1 Å². The van der Waals surface area contributed by atoms with Crippen molar-refractivity contribution in [1.29, 1.82) is 0 Å². The monoisotopic (exact) mass is 212 g/mol. The number of hydrogen-bond acceptors (Lipinski definition) is 2. The highest BCUT2D eigenvalue weighted by Crippen LogP contribution is 2.35. The smallest absolute Gasteiger partial charge is 0.412 e. The Hall–Kier alpha value is -1.52. The third kappa shape index (κ3) is 2.11. The predicted molar refractivity (Wildman–Crippen MR) is 55.0 cm³/mol. The summed E-state index contributed by atoms with van der Waals surface area (Å²) in [5, 5.41) is 9.04. The van der Waals surface area contributed by atoms with Crippen LogP contribution in [0, 0.1) is 5.41 Å². The highest BCUT2D eigenvalue weighted by atomic mass is 16.4. The van der Waals surface area contributed by atoms with Crippen molar-refractivity contribution in [2.45, 2.75) is 33.2 Å². The van der Waals surface area contributed by atoms with Crippen molar-refractivity contribution in [1.82, 2.24) is 4.90 Å². The van der Waals surface area contributed by atoms with E-state index < -0.39 is 18.0 Å². The number of hydrogen-bond donors (Lipinski definition) is 2. The van der Waals surface area contributed by atoms with E-state index in [-0.39, 0.29) is 5.41 Å². The van der Waals surface area contributed by atoms with Gasteiger partial charge in [-0.3, -0.25) is 9.69 Å². The molecular weight excluding hydrogens is 196 g/mol. The highest BCUT2D eigenvalue weighted by Gasteiger charge is 2.39. The molecule has 0 bridgehead atoms. The minimum absolute atomic E-state index is 0.303. The molecule has 1 heterocycles. The van der Waals surface area contributed by atoms with Gasteiger partial charge in [-0.2, -0.15) is 0 Å². The molecular formula is C10H16N2O3. The summed E-state index contributed by atoms with van der Waals surface area (Å²) in [5.41, 5.74) is 5.49. The molecule has 0 aromatic carbocycles. The van der Waals surface area contributed by atoms with Gasteiger partial charge in [0.05, 0.1) is 0 Å². The topological polar surface area (TPSA) is 83.6 Å². The first-order valence-electron chi connectivity index (χ1n) is 4.77. The van der Waals surface area contributed by atoms with Gasteiger partial charge < -0.3 is 10.8 Å². The number of primary amides is 1. The van der Waals surface area contributed by atoms with Crippen molar-refractivity contribution in [3.8, 4) is 0 Å². The van der Waals surface area contributed by atoms with Gasteiger partial charge in [0.1, 0.15) is 6.04 Å². The molecule has 2 amide bonds. The fourth-order valence-corrected chi connectivity index (χ4v) is 1.74. The third-order valence-electron chi connectivity index (χ3n) is 2.41. The van der Waals surface area contributed by atoms with E-state index in [9.17, 15) is 9.59 Å². The van der Waals surface area contributed by atoms with E-state index in [2.05, 4.69) is 0 Å². The van der Waals surface area contributed by atoms with Crippen molar-refractivity contribution in [3.05, 3.63) is 11.8 Å². The summed E-state index contributed by atoms with van der Waals surface area (Å²) in [6.07, 6.45) is 1.01. The van der Waals surface area contributed by atoms with Gasteiger partial charge in [-0.25, -0.2) is 4.79 Å². The molecule has 5 heteroatoms. The first-order valence-corrected chi connectivity index (χ1v) is 4.77. The number of amides is 2. The average Bonchev–Trinajstić information content (AvgIpc) is 2.45. The van der Waals surface area contributed by atoms with Crippen molar-refractivity contribution in [2.24, 2.45) is 11.1 Å². The van der Waals surface area contributed by atoms with Gasteiger partial charge >= 0.3 is 6.09 Å². The number of carboxylic acid groups (broad SMARTS) is 1. The first kappa shape index (κ1) is 11.6. The molecule has 0 unspecified atom stereocenters. The molecule has 3 N–H and O–H groups in total. The summed E-state index contributed by atoms with van der Waals surface area (Å²) in [7, 11) is 0. The lowest BCUT2D eigenvalue weighted by atomic mass is 9.92. The van der Waals surface area contributed by atoms with Crippen molar-refractivity contribution in [3.63, 3.8) is 0 Å². The third-order valence-corrected chi connectivity index (χ3v) is 2.41. The van der Waals surface area contributed by atoms with Gasteiger partial charge in [0, 0.05) is 11.1 Å². The second-order valence-corrected chi connectivity index (χ2v) is 4.65. The zero-order valence-corrected chi connectivity index (χ0v) is 9.15. The lowest BCUT2D eigenvalue weighted by molar-refractivity contribution is -0.121. The van der Waals surface area contributed by atoms with Gasteiger partial charge in [0.15, 0.2) is 0 Å². The van der Waals surface area contributed by atoms with Crippen molar-refractivity contribution in [2.75, 3.05) is 0 Å². The van der Waals surface area contributed by atoms with Crippen LogP contribution >= 0.6 is 0 Å². The summed E-state index contributed by atoms with van der Waals surface area (Å²) < 4.78 is 0. The van der Waals surface area contributed by atoms with Gasteiger partial charge in [-0.05, 0) is 6.42 Å². The molecule has 0 aromatic heterocycles. The Kier molecular flexibility index (Phi) is 2.75. The van der Waals surface area contributed by atoms with Crippen LogP contribution in [0.3, 0.4) is 0 Å². The number of nitrogens with zero attached hydrogens (tertiary/aromatic N) is 1. The van der Waals surface area contributed by atoms with Crippen LogP contribution in [-0.2, 0) is 4.79 Å². The normalized spacial score (nSPS) is 21.4. The number of nitrogens with two attached hydrogens (primary N) is 1. The Morgan fingerprint density at radius 2 is 2.07 bits per heavy atom. The van der Waals surface area contributed by atoms with Crippen molar-refractivity contribution < 1.29 is 14.7 Å². The van der Waals surface area contributed by atoms with E-state index in [1.165, 1.54) is 0 Å². The van der Waals surface area contributed by atoms with Crippen LogP contribution in [0.5, 0.6) is 0 Å². The van der Waals surface area contributed by atoms with Crippen molar-refractivity contribution >= 4 is 12.0 Å². The lowest BCUT2D eigenvalue weighted by Gasteiger charge is -2.30. The SMILES string of the molecule is CC(C)(C)C1=CC[C@@H](C(N)=O)N1C(=O)O. The molecule has 0 fully saturated rings. The van der Waals surface area contributed by atoms with Gasteiger partial charge in [-0.1, -0.05) is 26.8 Å². The second-order valence-electron chi connectivity index (χ2n) is 4.65. The van der Waals surface area contributed by atoms with E-state index >= 15 is 0 Å². The van der Waals surface area contributed by atoms with E-state index in [1.54, 1.807) is 6.08 Å². The zero-order chi connectivity index (χ0) is 11.8. The average molecular weight is 212 g/mol. The number of carbonyl (C=O) groups is 2. The van der Waals surface area contributed by atoms with Crippen LogP contribution in [0.25, 0.3) is 0 Å². The van der Waals surface area contributed by atoms with Crippen LogP contribution in [0.4, 0.5) is 4.79 Å². The van der Waals surface area contributed by atoms with Crippen LogP contribution in [0.2, 0.25) is 0 Å². The molecule has 1 aliphatic heterocycles. The number of rotatable bonds is 1. The maximum atomic E-state index is 11.1. The summed E-state index contributed by atoms with van der Waals surface area (Å²) in [6, 6.07) is -0.753. The minimum atomic E-state index is -1.13. The fraction of sp³-hybridized carbons (Fsp3) is 0.600. The molecule has 1 atom stereocenters. The Balaban J connectivity index is 3.03. The molecule has 0 radical (unpaired) electrons. The lowest BCUT2D eigenvalue weighted by Crippen LogP contribution is -2.45. The van der Waals surface area contributed by atoms with E-state index in [0.717, 1.165) is 4.90 Å². The van der Waals surface area contributed by atoms with E-state index in [1.807, 2.05) is 20.8 Å². The summed E-state index contributed by atoms with van der Waals surface area (Å²) in [5.74, 6) is -0.604. The van der Waals surface area contributed by atoms with E-state index in [4.69, 9.17) is 10.8 Å². The summed E-state index contributed by atoms with van der Waals surface area (Å²) >= 11 is 0. The zero-order valence-electron chi connectivity index (χ0n) is 9.15. The van der Waals surface area contributed by atoms with Gasteiger partial charge in [0.2, 0.25) is 5.91 Å². The van der Waals surface area contributed by atoms with Crippen LogP contribution in [0.15, 0.2) is 11.8 Å². The standard InChI is InChI=1S/C10H16N2O3/c1-10(2,3)7-5-4-6(8(11)13)12(7)9(14)15/h5-6H,4H2,1-3H3,(H2,11,13)(H,14,15)/t6-/m0/s1. The molecule has 5 nitrogen and oxygen atoms in total. The predicted octanol–water partition coefficient (Wildman–Crippen LogP) is 1.15. The quantitative estimate of drug-likeness (QED) is 0.684. The largest absolute Gasteiger partial charge is 0.465 e. The molecule has 1 rings (SSSR count). The molecule has 0 saturated carbocycles. The maximum Gasteiger partial charge on any atom is 0.412 e.